The van der Waals surface area contributed by atoms with E-state index in [2.05, 4.69) is 41.8 Å². The Bertz CT molecular complexity index is 319. The Morgan fingerprint density at radius 2 is 1.87 bits per heavy atom. The number of aryl methyl sites for hydroxylation is 1. The highest BCUT2D eigenvalue weighted by molar-refractivity contribution is 5.81. The number of hydrogen-bond acceptors (Lipinski definition) is 2. The van der Waals surface area contributed by atoms with E-state index in [0.717, 1.165) is 6.42 Å². The highest BCUT2D eigenvalue weighted by atomic mass is 16.2. The molecule has 1 aromatic carbocycles. The summed E-state index contributed by atoms with van der Waals surface area (Å²) in [7, 11) is 3.45. The lowest BCUT2D eigenvalue weighted by atomic mass is 10.0. The molecule has 0 saturated carbocycles. The van der Waals surface area contributed by atoms with Crippen molar-refractivity contribution in [1.29, 1.82) is 0 Å². The molecule has 0 aromatic heterocycles. The molecule has 0 spiro atoms. The lowest BCUT2D eigenvalue weighted by molar-refractivity contribution is -0.122. The molecule has 0 saturated heterocycles. The van der Waals surface area contributed by atoms with Crippen LogP contribution < -0.4 is 10.6 Å². The molecule has 82 valence electrons. The average molecular weight is 206 g/mol. The van der Waals surface area contributed by atoms with Gasteiger partial charge in [-0.15, -0.1) is 0 Å². The van der Waals surface area contributed by atoms with Gasteiger partial charge in [-0.25, -0.2) is 0 Å². The Balaban J connectivity index is 2.66. The van der Waals surface area contributed by atoms with Gasteiger partial charge < -0.3 is 10.6 Å². The summed E-state index contributed by atoms with van der Waals surface area (Å²) in [6.07, 6.45) is 0.719. The van der Waals surface area contributed by atoms with Crippen LogP contribution in [0.1, 0.15) is 11.1 Å². The van der Waals surface area contributed by atoms with Gasteiger partial charge in [-0.2, -0.15) is 0 Å². The number of nitrogens with one attached hydrogen (secondary N) is 2. The minimum atomic E-state index is -0.155. The zero-order chi connectivity index (χ0) is 11.3. The number of rotatable bonds is 4. The van der Waals surface area contributed by atoms with Crippen LogP contribution in [0.15, 0.2) is 24.3 Å². The summed E-state index contributed by atoms with van der Waals surface area (Å²) >= 11 is 0. The summed E-state index contributed by atoms with van der Waals surface area (Å²) in [5, 5.41) is 5.65. The molecule has 0 aliphatic rings. The van der Waals surface area contributed by atoms with Crippen LogP contribution in [-0.4, -0.2) is 26.0 Å². The van der Waals surface area contributed by atoms with Gasteiger partial charge in [-0.3, -0.25) is 4.79 Å². The smallest absolute Gasteiger partial charge is 0.237 e. The third-order valence-electron chi connectivity index (χ3n) is 2.47. The fourth-order valence-electron chi connectivity index (χ4n) is 1.46. The molecule has 3 heteroatoms. The molecule has 1 amide bonds. The van der Waals surface area contributed by atoms with E-state index in [9.17, 15) is 4.79 Å². The lowest BCUT2D eigenvalue weighted by Gasteiger charge is -2.14. The van der Waals surface area contributed by atoms with Gasteiger partial charge in [-0.1, -0.05) is 29.8 Å². The minimum absolute atomic E-state index is 0.0260. The summed E-state index contributed by atoms with van der Waals surface area (Å²) in [5.74, 6) is 0.0260. The predicted octanol–water partition coefficient (Wildman–Crippen LogP) is 0.872. The van der Waals surface area contributed by atoms with Gasteiger partial charge in [0.25, 0.3) is 0 Å². The van der Waals surface area contributed by atoms with Crippen molar-refractivity contribution in [2.75, 3.05) is 14.1 Å². The third-order valence-corrected chi connectivity index (χ3v) is 2.47. The van der Waals surface area contributed by atoms with Gasteiger partial charge in [0.05, 0.1) is 6.04 Å². The maximum absolute atomic E-state index is 11.4. The van der Waals surface area contributed by atoms with Gasteiger partial charge >= 0.3 is 0 Å². The van der Waals surface area contributed by atoms with Crippen molar-refractivity contribution in [2.24, 2.45) is 0 Å². The van der Waals surface area contributed by atoms with E-state index in [1.54, 1.807) is 14.1 Å². The predicted molar refractivity (Wildman–Crippen MR) is 61.8 cm³/mol. The fraction of sp³-hybridized carbons (Fsp3) is 0.417. The van der Waals surface area contributed by atoms with Crippen molar-refractivity contribution in [1.82, 2.24) is 10.6 Å². The standard InChI is InChI=1S/C12H18N2O/c1-9-4-6-10(7-5-9)8-11(13-2)12(15)14-3/h4-7,11,13H,8H2,1-3H3,(H,14,15). The van der Waals surface area contributed by atoms with Crippen molar-refractivity contribution < 1.29 is 4.79 Å². The largest absolute Gasteiger partial charge is 0.358 e. The normalized spacial score (nSPS) is 12.2. The number of benzene rings is 1. The van der Waals surface area contributed by atoms with E-state index >= 15 is 0 Å². The number of carbonyl (C=O) groups is 1. The molecule has 0 aliphatic heterocycles. The Hall–Kier alpha value is -1.35. The Morgan fingerprint density at radius 3 is 2.33 bits per heavy atom. The number of hydrogen-bond donors (Lipinski definition) is 2. The first-order valence-electron chi connectivity index (χ1n) is 5.11. The topological polar surface area (TPSA) is 41.1 Å². The SMILES string of the molecule is CNC(=O)C(Cc1ccc(C)cc1)NC. The van der Waals surface area contributed by atoms with Gasteiger partial charge in [0, 0.05) is 7.05 Å². The second-order valence-corrected chi connectivity index (χ2v) is 3.65. The van der Waals surface area contributed by atoms with Crippen LogP contribution >= 0.6 is 0 Å². The molecule has 0 heterocycles. The first-order chi connectivity index (χ1) is 7.17. The molecule has 1 atom stereocenters. The van der Waals surface area contributed by atoms with Gasteiger partial charge in [-0.05, 0) is 26.0 Å². The Kier molecular flexibility index (Phi) is 4.31. The first-order valence-corrected chi connectivity index (χ1v) is 5.11. The van der Waals surface area contributed by atoms with Crippen molar-refractivity contribution in [2.45, 2.75) is 19.4 Å². The zero-order valence-corrected chi connectivity index (χ0v) is 9.50. The van der Waals surface area contributed by atoms with Crippen LogP contribution in [0.3, 0.4) is 0 Å². The Labute approximate surface area is 90.9 Å². The second kappa shape index (κ2) is 5.51. The molecule has 1 unspecified atom stereocenters. The van der Waals surface area contributed by atoms with Gasteiger partial charge in [0.15, 0.2) is 0 Å². The van der Waals surface area contributed by atoms with E-state index in [-0.39, 0.29) is 11.9 Å². The number of likely N-dealkylation sites (N-methyl/N-ethyl adjacent to an activating group) is 2. The average Bonchev–Trinajstić information content (AvgIpc) is 2.27. The van der Waals surface area contributed by atoms with Crippen LogP contribution in [0.5, 0.6) is 0 Å². The molecule has 0 fully saturated rings. The van der Waals surface area contributed by atoms with Crippen LogP contribution in [0.4, 0.5) is 0 Å². The summed E-state index contributed by atoms with van der Waals surface area (Å²) in [6.45, 7) is 2.05. The van der Waals surface area contributed by atoms with E-state index in [4.69, 9.17) is 0 Å². The highest BCUT2D eigenvalue weighted by Crippen LogP contribution is 2.06. The number of amides is 1. The quantitative estimate of drug-likeness (QED) is 0.767. The number of carbonyl (C=O) groups excluding carboxylic acids is 1. The van der Waals surface area contributed by atoms with Crippen molar-refractivity contribution in [3.63, 3.8) is 0 Å². The molecular weight excluding hydrogens is 188 g/mol. The summed E-state index contributed by atoms with van der Waals surface area (Å²) < 4.78 is 0. The second-order valence-electron chi connectivity index (χ2n) is 3.65. The van der Waals surface area contributed by atoms with E-state index in [1.807, 2.05) is 0 Å². The highest BCUT2D eigenvalue weighted by Gasteiger charge is 2.14. The molecule has 2 N–H and O–H groups in total. The van der Waals surface area contributed by atoms with Crippen molar-refractivity contribution in [3.05, 3.63) is 35.4 Å². The van der Waals surface area contributed by atoms with Crippen LogP contribution in [0.25, 0.3) is 0 Å². The monoisotopic (exact) mass is 206 g/mol. The van der Waals surface area contributed by atoms with Crippen LogP contribution in [-0.2, 0) is 11.2 Å². The van der Waals surface area contributed by atoms with E-state index < -0.39 is 0 Å². The molecular formula is C12H18N2O. The minimum Gasteiger partial charge on any atom is -0.358 e. The summed E-state index contributed by atoms with van der Waals surface area (Å²) in [5.41, 5.74) is 2.41. The van der Waals surface area contributed by atoms with Gasteiger partial charge in [0.1, 0.15) is 0 Å². The summed E-state index contributed by atoms with van der Waals surface area (Å²) in [6, 6.07) is 8.08. The first kappa shape index (κ1) is 11.7. The van der Waals surface area contributed by atoms with Crippen LogP contribution in [0, 0.1) is 6.92 Å². The maximum Gasteiger partial charge on any atom is 0.237 e. The molecule has 0 aliphatic carbocycles. The summed E-state index contributed by atoms with van der Waals surface area (Å²) in [4.78, 5) is 11.4. The lowest BCUT2D eigenvalue weighted by Crippen LogP contribution is -2.42. The van der Waals surface area contributed by atoms with E-state index in [0.29, 0.717) is 0 Å². The third kappa shape index (κ3) is 3.36. The molecule has 1 aromatic rings. The van der Waals surface area contributed by atoms with Gasteiger partial charge in [0.2, 0.25) is 5.91 Å². The molecule has 0 bridgehead atoms. The fourth-order valence-corrected chi connectivity index (χ4v) is 1.46. The molecule has 0 radical (unpaired) electrons. The molecule has 15 heavy (non-hydrogen) atoms. The van der Waals surface area contributed by atoms with Crippen molar-refractivity contribution >= 4 is 5.91 Å². The van der Waals surface area contributed by atoms with E-state index in [1.165, 1.54) is 11.1 Å². The molecule has 1 rings (SSSR count). The van der Waals surface area contributed by atoms with Crippen molar-refractivity contribution in [3.8, 4) is 0 Å². The maximum atomic E-state index is 11.4. The Morgan fingerprint density at radius 1 is 1.27 bits per heavy atom. The van der Waals surface area contributed by atoms with Crippen LogP contribution in [0.2, 0.25) is 0 Å². The zero-order valence-electron chi connectivity index (χ0n) is 9.50. The molecule has 3 nitrogen and oxygen atoms in total.